The molecule has 0 spiro atoms. The molecule has 1 fully saturated rings. The molecule has 27 heavy (non-hydrogen) atoms. The summed E-state index contributed by atoms with van der Waals surface area (Å²) in [6.07, 6.45) is 6.73. The molecular formula is C22H26N4O. The van der Waals surface area contributed by atoms with E-state index in [-0.39, 0.29) is 0 Å². The maximum Gasteiger partial charge on any atom is 0.122 e. The molecule has 2 aliphatic rings. The van der Waals surface area contributed by atoms with Gasteiger partial charge in [-0.1, -0.05) is 11.6 Å². The lowest BCUT2D eigenvalue weighted by atomic mass is 9.96. The van der Waals surface area contributed by atoms with Gasteiger partial charge < -0.3 is 9.67 Å². The Hall–Kier alpha value is -2.24. The predicted octanol–water partition coefficient (Wildman–Crippen LogP) is 3.34. The van der Waals surface area contributed by atoms with E-state index in [0.717, 1.165) is 6.42 Å². The quantitative estimate of drug-likeness (QED) is 0.776. The average molecular weight is 362 g/mol. The number of rotatable bonds is 3. The number of aliphatic hydroxyl groups is 1. The van der Waals surface area contributed by atoms with E-state index in [1.807, 2.05) is 6.92 Å². The van der Waals surface area contributed by atoms with Gasteiger partial charge >= 0.3 is 0 Å². The number of fused-ring (bicyclic) bond motifs is 6. The average Bonchev–Trinajstić information content (AvgIpc) is 3.06. The summed E-state index contributed by atoms with van der Waals surface area (Å²) in [5.74, 6) is 0. The Morgan fingerprint density at radius 1 is 1.26 bits per heavy atom. The van der Waals surface area contributed by atoms with Crippen molar-refractivity contribution in [3.05, 3.63) is 59.3 Å². The summed E-state index contributed by atoms with van der Waals surface area (Å²) in [6, 6.07) is 9.61. The van der Waals surface area contributed by atoms with Crippen LogP contribution >= 0.6 is 0 Å². The van der Waals surface area contributed by atoms with Crippen molar-refractivity contribution < 1.29 is 5.11 Å². The Labute approximate surface area is 159 Å². The van der Waals surface area contributed by atoms with Gasteiger partial charge in [0, 0.05) is 41.3 Å². The van der Waals surface area contributed by atoms with Crippen LogP contribution in [0.15, 0.2) is 36.8 Å². The van der Waals surface area contributed by atoms with Crippen LogP contribution in [-0.4, -0.2) is 37.6 Å². The molecule has 3 unspecified atom stereocenters. The maximum atomic E-state index is 11.3. The van der Waals surface area contributed by atoms with Crippen LogP contribution in [0.1, 0.15) is 48.3 Å². The molecule has 3 atom stereocenters. The highest BCUT2D eigenvalue weighted by molar-refractivity contribution is 5.87. The number of aromatic nitrogens is 3. The van der Waals surface area contributed by atoms with Crippen molar-refractivity contribution in [2.24, 2.45) is 0 Å². The van der Waals surface area contributed by atoms with Gasteiger partial charge in [0.05, 0.1) is 12.2 Å². The van der Waals surface area contributed by atoms with E-state index in [1.165, 1.54) is 46.9 Å². The molecule has 0 amide bonds. The lowest BCUT2D eigenvalue weighted by molar-refractivity contribution is 0.0337. The van der Waals surface area contributed by atoms with Crippen molar-refractivity contribution in [3.63, 3.8) is 0 Å². The van der Waals surface area contributed by atoms with Crippen LogP contribution in [0, 0.1) is 6.92 Å². The van der Waals surface area contributed by atoms with Crippen LogP contribution in [0.5, 0.6) is 0 Å². The summed E-state index contributed by atoms with van der Waals surface area (Å²) >= 11 is 0. The van der Waals surface area contributed by atoms with E-state index in [2.05, 4.69) is 51.6 Å². The molecule has 5 nitrogen and oxygen atoms in total. The molecule has 4 heterocycles. The fraction of sp³-hybridized carbons (Fsp3) is 0.455. The Morgan fingerprint density at radius 2 is 2.11 bits per heavy atom. The smallest absolute Gasteiger partial charge is 0.122 e. The third-order valence-corrected chi connectivity index (χ3v) is 6.57. The van der Waals surface area contributed by atoms with Gasteiger partial charge in [0.15, 0.2) is 0 Å². The van der Waals surface area contributed by atoms with Crippen LogP contribution in [0.25, 0.3) is 10.9 Å². The number of aryl methyl sites for hydroxylation is 1. The van der Waals surface area contributed by atoms with Crippen LogP contribution in [0.4, 0.5) is 0 Å². The van der Waals surface area contributed by atoms with Crippen LogP contribution < -0.4 is 0 Å². The van der Waals surface area contributed by atoms with E-state index < -0.39 is 5.60 Å². The zero-order valence-electron chi connectivity index (χ0n) is 16.2. The van der Waals surface area contributed by atoms with Crippen LogP contribution in [0.2, 0.25) is 0 Å². The van der Waals surface area contributed by atoms with E-state index in [9.17, 15) is 5.11 Å². The molecule has 0 aliphatic carbocycles. The van der Waals surface area contributed by atoms with Crippen molar-refractivity contribution in [2.75, 3.05) is 7.05 Å². The van der Waals surface area contributed by atoms with Crippen molar-refractivity contribution in [3.8, 4) is 0 Å². The highest BCUT2D eigenvalue weighted by atomic mass is 16.3. The molecule has 5 heteroatoms. The van der Waals surface area contributed by atoms with E-state index in [1.54, 1.807) is 12.3 Å². The number of benzene rings is 1. The summed E-state index contributed by atoms with van der Waals surface area (Å²) in [5, 5.41) is 12.6. The topological polar surface area (TPSA) is 54.2 Å². The summed E-state index contributed by atoms with van der Waals surface area (Å²) in [7, 11) is 2.27. The van der Waals surface area contributed by atoms with Gasteiger partial charge in [-0.3, -0.25) is 4.90 Å². The fourth-order valence-electron chi connectivity index (χ4n) is 5.15. The van der Waals surface area contributed by atoms with Gasteiger partial charge in [0.1, 0.15) is 11.9 Å². The molecular weight excluding hydrogens is 336 g/mol. The maximum absolute atomic E-state index is 11.3. The minimum atomic E-state index is -1.05. The molecule has 2 aliphatic heterocycles. The van der Waals surface area contributed by atoms with Gasteiger partial charge in [-0.25, -0.2) is 9.97 Å². The molecule has 5 rings (SSSR count). The van der Waals surface area contributed by atoms with Gasteiger partial charge in [-0.2, -0.15) is 0 Å². The lowest BCUT2D eigenvalue weighted by Crippen LogP contribution is -2.36. The normalized spacial score (nSPS) is 24.1. The standard InChI is InChI=1S/C22H26N4O/c1-14-4-6-17-16(10-14)21-18-7-5-15(25(18)3)11-19(21)26(17)12-22(2,27)20-8-9-23-13-24-20/h4,6,8-10,13,15,18,27H,5,7,11-12H2,1-3H3. The molecule has 1 saturated heterocycles. The number of likely N-dealkylation sites (N-methyl/N-ethyl adjacent to an activating group) is 1. The Kier molecular flexibility index (Phi) is 3.68. The van der Waals surface area contributed by atoms with Crippen molar-refractivity contribution in [1.29, 1.82) is 0 Å². The predicted molar refractivity (Wildman–Crippen MR) is 106 cm³/mol. The Morgan fingerprint density at radius 3 is 2.89 bits per heavy atom. The molecule has 0 saturated carbocycles. The van der Waals surface area contributed by atoms with Crippen molar-refractivity contribution in [1.82, 2.24) is 19.4 Å². The highest BCUT2D eigenvalue weighted by Gasteiger charge is 2.41. The first-order valence-corrected chi connectivity index (χ1v) is 9.78. The van der Waals surface area contributed by atoms with Gasteiger partial charge in [-0.05, 0) is 57.5 Å². The number of nitrogens with zero attached hydrogens (tertiary/aromatic N) is 4. The molecule has 2 bridgehead atoms. The van der Waals surface area contributed by atoms with Crippen LogP contribution in [0.3, 0.4) is 0 Å². The third kappa shape index (κ3) is 2.52. The second kappa shape index (κ2) is 5.88. The zero-order chi connectivity index (χ0) is 18.8. The second-order valence-corrected chi connectivity index (χ2v) is 8.45. The first kappa shape index (κ1) is 16.9. The summed E-state index contributed by atoms with van der Waals surface area (Å²) in [6.45, 7) is 4.51. The summed E-state index contributed by atoms with van der Waals surface area (Å²) in [5.41, 5.74) is 5.00. The second-order valence-electron chi connectivity index (χ2n) is 8.45. The first-order valence-electron chi connectivity index (χ1n) is 9.78. The van der Waals surface area contributed by atoms with E-state index >= 15 is 0 Å². The zero-order valence-corrected chi connectivity index (χ0v) is 16.2. The fourth-order valence-corrected chi connectivity index (χ4v) is 5.15. The van der Waals surface area contributed by atoms with Gasteiger partial charge in [0.25, 0.3) is 0 Å². The molecule has 1 aromatic carbocycles. The number of hydrogen-bond donors (Lipinski definition) is 1. The van der Waals surface area contributed by atoms with Crippen molar-refractivity contribution in [2.45, 2.75) is 57.3 Å². The summed E-state index contributed by atoms with van der Waals surface area (Å²) < 4.78 is 2.35. The highest BCUT2D eigenvalue weighted by Crippen LogP contribution is 2.47. The number of hydrogen-bond acceptors (Lipinski definition) is 4. The van der Waals surface area contributed by atoms with E-state index in [4.69, 9.17) is 0 Å². The molecule has 3 aromatic rings. The van der Waals surface area contributed by atoms with E-state index in [0.29, 0.717) is 24.3 Å². The van der Waals surface area contributed by atoms with Gasteiger partial charge in [0.2, 0.25) is 0 Å². The lowest BCUT2D eigenvalue weighted by Gasteiger charge is -2.33. The monoisotopic (exact) mass is 362 g/mol. The molecule has 0 radical (unpaired) electrons. The summed E-state index contributed by atoms with van der Waals surface area (Å²) in [4.78, 5) is 10.8. The Balaban J connectivity index is 1.69. The van der Waals surface area contributed by atoms with Crippen LogP contribution in [-0.2, 0) is 18.6 Å². The Bertz CT molecular complexity index is 1010. The molecule has 2 aromatic heterocycles. The SMILES string of the molecule is Cc1ccc2c(c1)c1c(n2CC(C)(O)c2ccncn2)CC2CCC1N2C. The third-order valence-electron chi connectivity index (χ3n) is 6.57. The molecule has 1 N–H and O–H groups in total. The first-order chi connectivity index (χ1) is 13.0. The minimum Gasteiger partial charge on any atom is -0.382 e. The minimum absolute atomic E-state index is 0.494. The molecule has 140 valence electrons. The van der Waals surface area contributed by atoms with Gasteiger partial charge in [-0.15, -0.1) is 0 Å². The largest absolute Gasteiger partial charge is 0.382 e. The van der Waals surface area contributed by atoms with Crippen molar-refractivity contribution >= 4 is 10.9 Å².